The Morgan fingerprint density at radius 1 is 1.16 bits per heavy atom. The van der Waals surface area contributed by atoms with Gasteiger partial charge in [0, 0.05) is 24.9 Å². The summed E-state index contributed by atoms with van der Waals surface area (Å²) in [5.74, 6) is 3.19. The van der Waals surface area contributed by atoms with E-state index in [4.69, 9.17) is 4.99 Å². The number of nitrogens with one attached hydrogen (secondary N) is 2. The molecule has 2 fully saturated rings. The molecule has 2 rings (SSSR count). The van der Waals surface area contributed by atoms with E-state index in [0.717, 1.165) is 36.8 Å². The van der Waals surface area contributed by atoms with Crippen LogP contribution in [0, 0.1) is 5.92 Å². The second kappa shape index (κ2) is 10.1. The zero-order chi connectivity index (χ0) is 12.6. The molecule has 3 nitrogen and oxygen atoms in total. The highest BCUT2D eigenvalue weighted by Crippen LogP contribution is 2.25. The highest BCUT2D eigenvalue weighted by molar-refractivity contribution is 14.0. The van der Waals surface area contributed by atoms with Crippen LogP contribution >= 0.6 is 35.7 Å². The van der Waals surface area contributed by atoms with Crippen molar-refractivity contribution >= 4 is 41.7 Å². The minimum Gasteiger partial charge on any atom is -0.357 e. The average molecular weight is 397 g/mol. The molecular weight excluding hydrogens is 369 g/mol. The van der Waals surface area contributed by atoms with E-state index in [0.29, 0.717) is 0 Å². The summed E-state index contributed by atoms with van der Waals surface area (Å²) in [6.45, 7) is 5.17. The third-order valence-electron chi connectivity index (χ3n) is 3.85. The van der Waals surface area contributed by atoms with E-state index < -0.39 is 0 Å². The molecule has 0 aromatic carbocycles. The number of aliphatic imine (C=N–C) groups is 1. The van der Waals surface area contributed by atoms with Crippen molar-refractivity contribution in [2.75, 3.05) is 25.4 Å². The van der Waals surface area contributed by atoms with Gasteiger partial charge in [-0.25, -0.2) is 0 Å². The van der Waals surface area contributed by atoms with E-state index in [1.54, 1.807) is 0 Å². The van der Waals surface area contributed by atoms with Crippen molar-refractivity contribution in [2.24, 2.45) is 10.9 Å². The molecule has 1 saturated heterocycles. The average Bonchev–Trinajstić information content (AvgIpc) is 3.05. The number of guanidine groups is 1. The normalized spacial score (nSPS) is 24.3. The van der Waals surface area contributed by atoms with Crippen molar-refractivity contribution < 1.29 is 0 Å². The molecule has 1 aliphatic heterocycles. The fourth-order valence-corrected chi connectivity index (χ4v) is 3.97. The number of hydrogen-bond donors (Lipinski definition) is 2. The Hall–Kier alpha value is 0.350. The maximum absolute atomic E-state index is 4.74. The van der Waals surface area contributed by atoms with Crippen molar-refractivity contribution in [3.05, 3.63) is 0 Å². The number of halogens is 1. The van der Waals surface area contributed by atoms with E-state index in [1.807, 2.05) is 0 Å². The minimum absolute atomic E-state index is 0. The Bertz CT molecular complexity index is 261. The first kappa shape index (κ1) is 17.4. The van der Waals surface area contributed by atoms with Crippen molar-refractivity contribution in [1.82, 2.24) is 10.6 Å². The van der Waals surface area contributed by atoms with Gasteiger partial charge < -0.3 is 10.6 Å². The summed E-state index contributed by atoms with van der Waals surface area (Å²) in [7, 11) is 0. The van der Waals surface area contributed by atoms with Crippen LogP contribution in [-0.4, -0.2) is 36.6 Å². The molecular formula is C14H28IN3S. The number of nitrogens with zero attached hydrogens (tertiary/aromatic N) is 1. The van der Waals surface area contributed by atoms with Gasteiger partial charge in [-0.05, 0) is 44.3 Å². The summed E-state index contributed by atoms with van der Waals surface area (Å²) in [6, 6.07) is 0. The van der Waals surface area contributed by atoms with Crippen LogP contribution in [0.4, 0.5) is 0 Å². The first-order valence-corrected chi connectivity index (χ1v) is 8.57. The molecule has 0 bridgehead atoms. The molecule has 1 atom stereocenters. The van der Waals surface area contributed by atoms with Gasteiger partial charge in [0.25, 0.3) is 0 Å². The molecule has 1 heterocycles. The second-order valence-electron chi connectivity index (χ2n) is 5.39. The molecule has 0 aromatic heterocycles. The molecule has 19 heavy (non-hydrogen) atoms. The third-order valence-corrected chi connectivity index (χ3v) is 5.25. The predicted molar refractivity (Wildman–Crippen MR) is 96.8 cm³/mol. The topological polar surface area (TPSA) is 36.4 Å². The molecule has 1 aliphatic carbocycles. The molecule has 0 amide bonds. The van der Waals surface area contributed by atoms with E-state index >= 15 is 0 Å². The zero-order valence-electron chi connectivity index (χ0n) is 12.0. The number of rotatable bonds is 5. The largest absolute Gasteiger partial charge is 0.357 e. The fraction of sp³-hybridized carbons (Fsp3) is 0.929. The predicted octanol–water partition coefficient (Wildman–Crippen LogP) is 3.25. The number of thioether (sulfide) groups is 1. The van der Waals surface area contributed by atoms with Gasteiger partial charge in [0.1, 0.15) is 0 Å². The van der Waals surface area contributed by atoms with E-state index in [1.165, 1.54) is 44.3 Å². The van der Waals surface area contributed by atoms with Gasteiger partial charge in [-0.2, -0.15) is 11.8 Å². The Balaban J connectivity index is 0.00000180. The number of hydrogen-bond acceptors (Lipinski definition) is 2. The van der Waals surface area contributed by atoms with Crippen LogP contribution < -0.4 is 10.6 Å². The van der Waals surface area contributed by atoms with Crippen LogP contribution in [-0.2, 0) is 0 Å². The van der Waals surface area contributed by atoms with Gasteiger partial charge in [0.05, 0.1) is 0 Å². The molecule has 5 heteroatoms. The molecule has 1 unspecified atom stereocenters. The van der Waals surface area contributed by atoms with Gasteiger partial charge in [0.2, 0.25) is 0 Å². The molecule has 2 aliphatic rings. The molecule has 1 saturated carbocycles. The van der Waals surface area contributed by atoms with Gasteiger partial charge in [-0.1, -0.05) is 12.8 Å². The Morgan fingerprint density at radius 3 is 2.58 bits per heavy atom. The van der Waals surface area contributed by atoms with Crippen LogP contribution in [0.15, 0.2) is 4.99 Å². The van der Waals surface area contributed by atoms with Crippen molar-refractivity contribution in [3.8, 4) is 0 Å². The lowest BCUT2D eigenvalue weighted by Crippen LogP contribution is -2.40. The van der Waals surface area contributed by atoms with E-state index in [-0.39, 0.29) is 24.0 Å². The Kier molecular flexibility index (Phi) is 9.28. The highest BCUT2D eigenvalue weighted by Gasteiger charge is 2.16. The third kappa shape index (κ3) is 6.56. The Morgan fingerprint density at radius 2 is 1.95 bits per heavy atom. The fourth-order valence-electron chi connectivity index (χ4n) is 2.77. The second-order valence-corrected chi connectivity index (χ2v) is 6.79. The summed E-state index contributed by atoms with van der Waals surface area (Å²) in [5.41, 5.74) is 0. The molecule has 0 spiro atoms. The quantitative estimate of drug-likeness (QED) is 0.425. The Labute approximate surface area is 139 Å². The molecule has 2 N–H and O–H groups in total. The summed E-state index contributed by atoms with van der Waals surface area (Å²) < 4.78 is 0. The summed E-state index contributed by atoms with van der Waals surface area (Å²) >= 11 is 2.10. The molecule has 0 radical (unpaired) electrons. The summed E-state index contributed by atoms with van der Waals surface area (Å²) in [5, 5.41) is 7.66. The monoisotopic (exact) mass is 397 g/mol. The summed E-state index contributed by atoms with van der Waals surface area (Å²) in [6.07, 6.45) is 8.31. The lowest BCUT2D eigenvalue weighted by molar-refractivity contribution is 0.559. The molecule has 112 valence electrons. The summed E-state index contributed by atoms with van der Waals surface area (Å²) in [4.78, 5) is 4.74. The maximum Gasteiger partial charge on any atom is 0.191 e. The lowest BCUT2D eigenvalue weighted by Gasteiger charge is -2.15. The van der Waals surface area contributed by atoms with Crippen LogP contribution in [0.2, 0.25) is 0 Å². The van der Waals surface area contributed by atoms with E-state index in [9.17, 15) is 0 Å². The van der Waals surface area contributed by atoms with Gasteiger partial charge in [-0.15, -0.1) is 24.0 Å². The van der Waals surface area contributed by atoms with E-state index in [2.05, 4.69) is 29.3 Å². The SMILES string of the molecule is CCNC(=NCC1CCCC1)NCC1CCCS1.I. The standard InChI is InChI=1S/C14H27N3S.HI/c1-2-15-14(16-10-12-6-3-4-7-12)17-11-13-8-5-9-18-13;/h12-13H,2-11H2,1H3,(H2,15,16,17);1H. The van der Waals surface area contributed by atoms with Crippen LogP contribution in [0.25, 0.3) is 0 Å². The zero-order valence-corrected chi connectivity index (χ0v) is 15.1. The van der Waals surface area contributed by atoms with Crippen LogP contribution in [0.1, 0.15) is 45.4 Å². The van der Waals surface area contributed by atoms with Crippen molar-refractivity contribution in [1.29, 1.82) is 0 Å². The van der Waals surface area contributed by atoms with Crippen LogP contribution in [0.5, 0.6) is 0 Å². The lowest BCUT2D eigenvalue weighted by atomic mass is 10.1. The smallest absolute Gasteiger partial charge is 0.191 e. The van der Waals surface area contributed by atoms with Gasteiger partial charge in [0.15, 0.2) is 5.96 Å². The van der Waals surface area contributed by atoms with Crippen molar-refractivity contribution in [2.45, 2.75) is 50.7 Å². The molecule has 0 aromatic rings. The maximum atomic E-state index is 4.74. The van der Waals surface area contributed by atoms with Gasteiger partial charge in [-0.3, -0.25) is 4.99 Å². The van der Waals surface area contributed by atoms with Crippen LogP contribution in [0.3, 0.4) is 0 Å². The minimum atomic E-state index is 0. The van der Waals surface area contributed by atoms with Gasteiger partial charge >= 0.3 is 0 Å². The van der Waals surface area contributed by atoms with Crippen molar-refractivity contribution in [3.63, 3.8) is 0 Å². The first-order valence-electron chi connectivity index (χ1n) is 7.52. The first-order chi connectivity index (χ1) is 8.88. The highest BCUT2D eigenvalue weighted by atomic mass is 127.